The summed E-state index contributed by atoms with van der Waals surface area (Å²) in [6.45, 7) is 9.36. The smallest absolute Gasteiger partial charge is 0.292 e. The number of likely N-dealkylation sites (tertiary alicyclic amines) is 1. The first-order valence-electron chi connectivity index (χ1n) is 8.65. The molecule has 0 N–H and O–H groups in total. The van der Waals surface area contributed by atoms with E-state index in [2.05, 4.69) is 21.7 Å². The molecule has 0 radical (unpaired) electrons. The Labute approximate surface area is 132 Å². The molecule has 1 aliphatic carbocycles. The Morgan fingerprint density at radius 3 is 2.36 bits per heavy atom. The maximum atomic E-state index is 13.0. The highest BCUT2D eigenvalue weighted by Gasteiger charge is 2.40. The van der Waals surface area contributed by atoms with Crippen LogP contribution in [0.1, 0.15) is 61.7 Å². The lowest BCUT2D eigenvalue weighted by Crippen LogP contribution is -2.48. The number of piperidine rings is 1. The molecule has 0 atom stereocenters. The van der Waals surface area contributed by atoms with E-state index in [-0.39, 0.29) is 5.91 Å². The van der Waals surface area contributed by atoms with Crippen LogP contribution < -0.4 is 0 Å². The van der Waals surface area contributed by atoms with E-state index in [1.165, 1.54) is 0 Å². The van der Waals surface area contributed by atoms with E-state index in [0.29, 0.717) is 23.7 Å². The summed E-state index contributed by atoms with van der Waals surface area (Å²) in [5.41, 5.74) is 0.735. The molecule has 0 unspecified atom stereocenters. The van der Waals surface area contributed by atoms with Gasteiger partial charge in [-0.2, -0.15) is 0 Å². The van der Waals surface area contributed by atoms with Gasteiger partial charge in [0.25, 0.3) is 5.91 Å². The number of amides is 1. The topological polar surface area (TPSA) is 49.6 Å². The summed E-state index contributed by atoms with van der Waals surface area (Å²) in [6, 6.07) is 0.776. The van der Waals surface area contributed by atoms with Crippen molar-refractivity contribution in [1.82, 2.24) is 14.8 Å². The van der Waals surface area contributed by atoms with Crippen molar-refractivity contribution in [1.29, 1.82) is 0 Å². The molecule has 122 valence electrons. The van der Waals surface area contributed by atoms with Crippen LogP contribution in [0.3, 0.4) is 0 Å². The third-order valence-corrected chi connectivity index (χ3v) is 4.91. The summed E-state index contributed by atoms with van der Waals surface area (Å²) in [5, 5.41) is 0. The van der Waals surface area contributed by atoms with Gasteiger partial charge in [-0.25, -0.2) is 4.98 Å². The molecule has 1 saturated heterocycles. The SMILES string of the molecule is CCc1nc(C)c(C(=O)N(C2CC2)C2CCN(CC)CC2)o1. The first-order valence-corrected chi connectivity index (χ1v) is 8.65. The number of rotatable bonds is 5. The second kappa shape index (κ2) is 6.41. The molecule has 2 heterocycles. The first-order chi connectivity index (χ1) is 10.6. The fourth-order valence-electron chi connectivity index (χ4n) is 3.42. The average Bonchev–Trinajstić information content (AvgIpc) is 3.29. The standard InChI is InChI=1S/C17H27N3O2/c1-4-15-18-12(3)16(22-15)17(21)20(13-6-7-13)14-8-10-19(5-2)11-9-14/h13-14H,4-11H2,1-3H3. The summed E-state index contributed by atoms with van der Waals surface area (Å²) in [5.74, 6) is 1.18. The van der Waals surface area contributed by atoms with Gasteiger partial charge in [0.15, 0.2) is 5.89 Å². The maximum Gasteiger partial charge on any atom is 0.292 e. The van der Waals surface area contributed by atoms with E-state index >= 15 is 0 Å². The van der Waals surface area contributed by atoms with Crippen LogP contribution in [-0.4, -0.2) is 52.4 Å². The number of aryl methyl sites for hydroxylation is 2. The van der Waals surface area contributed by atoms with Gasteiger partial charge in [0.2, 0.25) is 5.76 Å². The molecule has 1 aromatic heterocycles. The normalized spacial score (nSPS) is 20.3. The lowest BCUT2D eigenvalue weighted by molar-refractivity contribution is 0.0521. The van der Waals surface area contributed by atoms with Crippen molar-refractivity contribution >= 4 is 5.91 Å². The molecule has 1 amide bonds. The zero-order valence-electron chi connectivity index (χ0n) is 14.0. The van der Waals surface area contributed by atoms with Crippen LogP contribution in [0.25, 0.3) is 0 Å². The highest BCUT2D eigenvalue weighted by Crippen LogP contribution is 2.33. The van der Waals surface area contributed by atoms with Gasteiger partial charge in [-0.05, 0) is 39.2 Å². The average molecular weight is 305 g/mol. The Balaban J connectivity index is 1.76. The summed E-state index contributed by atoms with van der Waals surface area (Å²) in [7, 11) is 0. The number of oxazole rings is 1. The third kappa shape index (κ3) is 3.05. The summed E-state index contributed by atoms with van der Waals surface area (Å²) in [4.78, 5) is 21.9. The Morgan fingerprint density at radius 2 is 1.86 bits per heavy atom. The van der Waals surface area contributed by atoms with Crippen LogP contribution in [0.4, 0.5) is 0 Å². The highest BCUT2D eigenvalue weighted by molar-refractivity contribution is 5.93. The van der Waals surface area contributed by atoms with Crippen molar-refractivity contribution < 1.29 is 9.21 Å². The zero-order chi connectivity index (χ0) is 15.7. The molecule has 5 heteroatoms. The fraction of sp³-hybridized carbons (Fsp3) is 0.765. The number of hydrogen-bond acceptors (Lipinski definition) is 4. The largest absolute Gasteiger partial charge is 0.435 e. The van der Waals surface area contributed by atoms with Crippen LogP contribution in [-0.2, 0) is 6.42 Å². The quantitative estimate of drug-likeness (QED) is 0.839. The van der Waals surface area contributed by atoms with Crippen molar-refractivity contribution in [2.45, 2.75) is 65.0 Å². The molecule has 2 fully saturated rings. The molecule has 5 nitrogen and oxygen atoms in total. The molecular formula is C17H27N3O2. The van der Waals surface area contributed by atoms with Gasteiger partial charge in [0.1, 0.15) is 0 Å². The Kier molecular flexibility index (Phi) is 4.52. The lowest BCUT2D eigenvalue weighted by atomic mass is 10.0. The van der Waals surface area contributed by atoms with Crippen molar-refractivity contribution in [3.8, 4) is 0 Å². The third-order valence-electron chi connectivity index (χ3n) is 4.91. The van der Waals surface area contributed by atoms with E-state index in [9.17, 15) is 4.79 Å². The molecule has 0 bridgehead atoms. The number of carbonyl (C=O) groups is 1. The Morgan fingerprint density at radius 1 is 1.23 bits per heavy atom. The predicted molar refractivity (Wildman–Crippen MR) is 84.9 cm³/mol. The zero-order valence-corrected chi connectivity index (χ0v) is 14.0. The number of carbonyl (C=O) groups excluding carboxylic acids is 1. The predicted octanol–water partition coefficient (Wildman–Crippen LogP) is 2.63. The van der Waals surface area contributed by atoms with Gasteiger partial charge in [-0.15, -0.1) is 0 Å². The highest BCUT2D eigenvalue weighted by atomic mass is 16.4. The Hall–Kier alpha value is -1.36. The number of hydrogen-bond donors (Lipinski definition) is 0. The molecule has 22 heavy (non-hydrogen) atoms. The van der Waals surface area contributed by atoms with Gasteiger partial charge in [0.05, 0.1) is 5.69 Å². The van der Waals surface area contributed by atoms with Crippen LogP contribution in [0, 0.1) is 6.92 Å². The minimum Gasteiger partial charge on any atom is -0.435 e. The molecule has 2 aliphatic rings. The second-order valence-electron chi connectivity index (χ2n) is 6.48. The van der Waals surface area contributed by atoms with Crippen molar-refractivity contribution in [2.24, 2.45) is 0 Å². The lowest BCUT2D eigenvalue weighted by Gasteiger charge is -2.38. The molecule has 3 rings (SSSR count). The second-order valence-corrected chi connectivity index (χ2v) is 6.48. The van der Waals surface area contributed by atoms with E-state index in [0.717, 1.165) is 57.4 Å². The van der Waals surface area contributed by atoms with Crippen LogP contribution in [0.15, 0.2) is 4.42 Å². The van der Waals surface area contributed by atoms with Crippen molar-refractivity contribution in [3.05, 3.63) is 17.3 Å². The molecule has 0 aromatic carbocycles. The maximum absolute atomic E-state index is 13.0. The van der Waals surface area contributed by atoms with Crippen molar-refractivity contribution in [2.75, 3.05) is 19.6 Å². The summed E-state index contributed by atoms with van der Waals surface area (Å²) in [6.07, 6.45) is 5.14. The molecule has 1 saturated carbocycles. The Bertz CT molecular complexity index is 528. The van der Waals surface area contributed by atoms with E-state index in [1.54, 1.807) is 0 Å². The van der Waals surface area contributed by atoms with Gasteiger partial charge in [0, 0.05) is 31.6 Å². The van der Waals surface area contributed by atoms with Crippen LogP contribution in [0.2, 0.25) is 0 Å². The van der Waals surface area contributed by atoms with E-state index in [1.807, 2.05) is 13.8 Å². The first kappa shape index (κ1) is 15.5. The van der Waals surface area contributed by atoms with E-state index < -0.39 is 0 Å². The van der Waals surface area contributed by atoms with E-state index in [4.69, 9.17) is 4.42 Å². The summed E-state index contributed by atoms with van der Waals surface area (Å²) < 4.78 is 5.70. The molecule has 0 spiro atoms. The van der Waals surface area contributed by atoms with Crippen LogP contribution >= 0.6 is 0 Å². The van der Waals surface area contributed by atoms with Crippen LogP contribution in [0.5, 0.6) is 0 Å². The van der Waals surface area contributed by atoms with Gasteiger partial charge >= 0.3 is 0 Å². The minimum absolute atomic E-state index is 0.0575. The molecule has 1 aliphatic heterocycles. The number of nitrogens with zero attached hydrogens (tertiary/aromatic N) is 3. The van der Waals surface area contributed by atoms with Gasteiger partial charge in [-0.1, -0.05) is 13.8 Å². The molecule has 1 aromatic rings. The number of aromatic nitrogens is 1. The fourth-order valence-corrected chi connectivity index (χ4v) is 3.42. The molecular weight excluding hydrogens is 278 g/mol. The monoisotopic (exact) mass is 305 g/mol. The summed E-state index contributed by atoms with van der Waals surface area (Å²) >= 11 is 0. The van der Waals surface area contributed by atoms with Gasteiger partial charge < -0.3 is 14.2 Å². The van der Waals surface area contributed by atoms with Crippen molar-refractivity contribution in [3.63, 3.8) is 0 Å². The van der Waals surface area contributed by atoms with Gasteiger partial charge in [-0.3, -0.25) is 4.79 Å². The minimum atomic E-state index is 0.0575.